The number of ether oxygens (including phenoxy) is 1. The molecule has 3 aliphatic rings. The molecular weight excluding hydrogens is 430 g/mol. The van der Waals surface area contributed by atoms with Gasteiger partial charge in [0.15, 0.2) is 5.78 Å². The molecule has 0 aromatic heterocycles. The summed E-state index contributed by atoms with van der Waals surface area (Å²) in [5.41, 5.74) is 0.966. The summed E-state index contributed by atoms with van der Waals surface area (Å²) < 4.78 is 5.19. The van der Waals surface area contributed by atoms with Gasteiger partial charge in [0, 0.05) is 11.8 Å². The molecule has 4 atom stereocenters. The van der Waals surface area contributed by atoms with Crippen molar-refractivity contribution in [2.45, 2.75) is 12.1 Å². The van der Waals surface area contributed by atoms with E-state index in [1.165, 1.54) is 4.90 Å². The van der Waals surface area contributed by atoms with E-state index in [9.17, 15) is 14.4 Å². The molecular formula is C27H21N3O4. The third-order valence-corrected chi connectivity index (χ3v) is 6.93. The summed E-state index contributed by atoms with van der Waals surface area (Å²) in [7, 11) is 1.56. The molecule has 0 saturated carbocycles. The Morgan fingerprint density at radius 2 is 1.65 bits per heavy atom. The normalized spacial score (nSPS) is 25.1. The van der Waals surface area contributed by atoms with Crippen LogP contribution in [0.15, 0.2) is 84.0 Å². The summed E-state index contributed by atoms with van der Waals surface area (Å²) in [4.78, 5) is 42.3. The molecule has 3 aliphatic heterocycles. The first-order valence-corrected chi connectivity index (χ1v) is 11.1. The largest absolute Gasteiger partial charge is 0.497 e. The van der Waals surface area contributed by atoms with Crippen molar-refractivity contribution in [3.63, 3.8) is 0 Å². The Balaban J connectivity index is 1.41. The van der Waals surface area contributed by atoms with Gasteiger partial charge in [0.2, 0.25) is 11.8 Å². The van der Waals surface area contributed by atoms with Crippen molar-refractivity contribution >= 4 is 40.3 Å². The fraction of sp³-hybridized carbons (Fsp3) is 0.185. The average molecular weight is 451 g/mol. The summed E-state index contributed by atoms with van der Waals surface area (Å²) in [6, 6.07) is 18.8. The molecule has 0 radical (unpaired) electrons. The number of anilines is 1. The van der Waals surface area contributed by atoms with E-state index in [-0.39, 0.29) is 17.6 Å². The number of rotatable bonds is 4. The SMILES string of the molecule is COc1ccc(C(=O)[C@H]2[C@H]3C(=O)N(c4ccc5ccccc5c4)C(=O)[C@H]3C3C=CC=NN32)cc1. The second-order valence-electron chi connectivity index (χ2n) is 8.65. The van der Waals surface area contributed by atoms with Crippen LogP contribution in [0.4, 0.5) is 5.69 Å². The van der Waals surface area contributed by atoms with Gasteiger partial charge in [0.1, 0.15) is 11.8 Å². The van der Waals surface area contributed by atoms with Crippen LogP contribution in [0.5, 0.6) is 5.75 Å². The summed E-state index contributed by atoms with van der Waals surface area (Å²) in [5.74, 6) is -1.78. The van der Waals surface area contributed by atoms with Crippen LogP contribution < -0.4 is 9.64 Å². The van der Waals surface area contributed by atoms with E-state index in [0.29, 0.717) is 17.0 Å². The molecule has 7 nitrogen and oxygen atoms in total. The summed E-state index contributed by atoms with van der Waals surface area (Å²) >= 11 is 0. The molecule has 0 aliphatic carbocycles. The predicted molar refractivity (Wildman–Crippen MR) is 128 cm³/mol. The number of amides is 2. The maximum atomic E-state index is 13.8. The van der Waals surface area contributed by atoms with Crippen LogP contribution in [0.3, 0.4) is 0 Å². The predicted octanol–water partition coefficient (Wildman–Crippen LogP) is 3.45. The Kier molecular flexibility index (Phi) is 4.58. The lowest BCUT2D eigenvalue weighted by Gasteiger charge is -2.30. The lowest BCUT2D eigenvalue weighted by atomic mass is 9.86. The van der Waals surface area contributed by atoms with Crippen LogP contribution in [-0.2, 0) is 9.59 Å². The van der Waals surface area contributed by atoms with Gasteiger partial charge < -0.3 is 4.74 Å². The number of benzene rings is 3. The summed E-state index contributed by atoms with van der Waals surface area (Å²) in [6.07, 6.45) is 5.19. The first-order valence-electron chi connectivity index (χ1n) is 11.1. The van der Waals surface area contributed by atoms with Crippen molar-refractivity contribution < 1.29 is 19.1 Å². The van der Waals surface area contributed by atoms with Crippen molar-refractivity contribution in [2.24, 2.45) is 16.9 Å². The molecule has 0 N–H and O–H groups in total. The van der Waals surface area contributed by atoms with Gasteiger partial charge in [-0.1, -0.05) is 36.4 Å². The van der Waals surface area contributed by atoms with E-state index in [2.05, 4.69) is 5.10 Å². The Bertz CT molecular complexity index is 1390. The molecule has 1 unspecified atom stereocenters. The summed E-state index contributed by atoms with van der Waals surface area (Å²) in [6.45, 7) is 0. The lowest BCUT2D eigenvalue weighted by Crippen LogP contribution is -2.46. The maximum Gasteiger partial charge on any atom is 0.240 e. The Morgan fingerprint density at radius 1 is 0.912 bits per heavy atom. The van der Waals surface area contributed by atoms with Gasteiger partial charge in [0.25, 0.3) is 0 Å². The minimum absolute atomic E-state index is 0.242. The molecule has 2 saturated heterocycles. The zero-order valence-corrected chi connectivity index (χ0v) is 18.4. The van der Waals surface area contributed by atoms with Crippen LogP contribution in [0, 0.1) is 11.8 Å². The van der Waals surface area contributed by atoms with Gasteiger partial charge in [0.05, 0.1) is 30.7 Å². The number of hydrazone groups is 1. The molecule has 168 valence electrons. The highest BCUT2D eigenvalue weighted by Gasteiger charge is 2.64. The van der Waals surface area contributed by atoms with Gasteiger partial charge in [-0.3, -0.25) is 19.4 Å². The molecule has 3 aromatic carbocycles. The van der Waals surface area contributed by atoms with E-state index in [4.69, 9.17) is 4.74 Å². The van der Waals surface area contributed by atoms with Crippen LogP contribution in [0.2, 0.25) is 0 Å². The number of hydrogen-bond acceptors (Lipinski definition) is 6. The number of carbonyl (C=O) groups excluding carboxylic acids is 3. The molecule has 3 aromatic rings. The zero-order valence-electron chi connectivity index (χ0n) is 18.4. The van der Waals surface area contributed by atoms with Crippen molar-refractivity contribution in [1.82, 2.24) is 5.01 Å². The summed E-state index contributed by atoms with van der Waals surface area (Å²) in [5, 5.41) is 7.98. The molecule has 0 spiro atoms. The molecule has 6 rings (SSSR count). The minimum atomic E-state index is -0.869. The molecule has 7 heteroatoms. The number of carbonyl (C=O) groups is 3. The van der Waals surface area contributed by atoms with Crippen LogP contribution in [0.25, 0.3) is 10.8 Å². The smallest absolute Gasteiger partial charge is 0.240 e. The quantitative estimate of drug-likeness (QED) is 0.449. The fourth-order valence-corrected chi connectivity index (χ4v) is 5.33. The van der Waals surface area contributed by atoms with Crippen LogP contribution in [-0.4, -0.2) is 48.0 Å². The molecule has 0 bridgehead atoms. The second-order valence-corrected chi connectivity index (χ2v) is 8.65. The van der Waals surface area contributed by atoms with Crippen molar-refractivity contribution in [2.75, 3.05) is 12.0 Å². The number of allylic oxidation sites excluding steroid dienone is 1. The van der Waals surface area contributed by atoms with Crippen LogP contribution in [0.1, 0.15) is 10.4 Å². The standard InChI is InChI=1S/C27H21N3O4/c1-34-20-12-9-17(10-13-20)25(31)24-23-22(21-7-4-14-28-30(21)24)26(32)29(27(23)33)19-11-8-16-5-2-3-6-18(16)15-19/h2-15,21-24H,1H3/t21?,22-,23-,24+/m0/s1. The van der Waals surface area contributed by atoms with Gasteiger partial charge in [-0.05, 0) is 53.2 Å². The number of imide groups is 1. The highest BCUT2D eigenvalue weighted by atomic mass is 16.5. The number of Topliss-reactive ketones (excluding diaryl/α,β-unsaturated/α-hetero) is 1. The van der Waals surface area contributed by atoms with Crippen molar-refractivity contribution in [3.8, 4) is 5.75 Å². The van der Waals surface area contributed by atoms with E-state index in [1.54, 1.807) is 54.7 Å². The van der Waals surface area contributed by atoms with Gasteiger partial charge in [-0.15, -0.1) is 0 Å². The maximum absolute atomic E-state index is 13.8. The average Bonchev–Trinajstić information content (AvgIpc) is 3.35. The monoisotopic (exact) mass is 451 g/mol. The second kappa shape index (κ2) is 7.66. The lowest BCUT2D eigenvalue weighted by molar-refractivity contribution is -0.123. The molecule has 3 heterocycles. The Labute approximate surface area is 195 Å². The molecule has 2 amide bonds. The van der Waals surface area contributed by atoms with Gasteiger partial charge in [-0.2, -0.15) is 5.10 Å². The van der Waals surface area contributed by atoms with Crippen molar-refractivity contribution in [3.05, 3.63) is 84.4 Å². The van der Waals surface area contributed by atoms with Gasteiger partial charge in [-0.25, -0.2) is 4.90 Å². The number of fused-ring (bicyclic) bond motifs is 4. The molecule has 2 fully saturated rings. The number of ketones is 1. The third kappa shape index (κ3) is 2.90. The minimum Gasteiger partial charge on any atom is -0.497 e. The highest BCUT2D eigenvalue weighted by molar-refractivity contribution is 6.25. The van der Waals surface area contributed by atoms with E-state index >= 15 is 0 Å². The number of nitrogens with zero attached hydrogens (tertiary/aromatic N) is 3. The van der Waals surface area contributed by atoms with E-state index in [1.807, 2.05) is 42.5 Å². The topological polar surface area (TPSA) is 79.3 Å². The third-order valence-electron chi connectivity index (χ3n) is 6.93. The fourth-order valence-electron chi connectivity index (χ4n) is 5.33. The molecule has 34 heavy (non-hydrogen) atoms. The first-order chi connectivity index (χ1) is 16.6. The zero-order chi connectivity index (χ0) is 23.4. The van der Waals surface area contributed by atoms with E-state index in [0.717, 1.165) is 10.8 Å². The number of hydrogen-bond donors (Lipinski definition) is 0. The Hall–Kier alpha value is -4.26. The number of methoxy groups -OCH3 is 1. The van der Waals surface area contributed by atoms with Crippen molar-refractivity contribution in [1.29, 1.82) is 0 Å². The van der Waals surface area contributed by atoms with Crippen LogP contribution >= 0.6 is 0 Å². The van der Waals surface area contributed by atoms with Gasteiger partial charge >= 0.3 is 0 Å². The highest BCUT2D eigenvalue weighted by Crippen LogP contribution is 2.46. The first kappa shape index (κ1) is 20.4. The van der Waals surface area contributed by atoms with E-state index < -0.39 is 23.9 Å². The Morgan fingerprint density at radius 3 is 2.41 bits per heavy atom.